The van der Waals surface area contributed by atoms with Crippen molar-refractivity contribution in [3.8, 4) is 0 Å². The van der Waals surface area contributed by atoms with E-state index in [1.165, 1.54) is 12.8 Å². The molecule has 1 aromatic carbocycles. The van der Waals surface area contributed by atoms with Gasteiger partial charge in [-0.2, -0.15) is 0 Å². The lowest BCUT2D eigenvalue weighted by atomic mass is 10.0. The van der Waals surface area contributed by atoms with Gasteiger partial charge in [-0.3, -0.25) is 4.79 Å². The Morgan fingerprint density at radius 3 is 2.28 bits per heavy atom. The molecule has 1 aliphatic rings. The first-order valence-electron chi connectivity index (χ1n) is 6.86. The normalized spacial score (nSPS) is 16.4. The number of carbonyl (C=O) groups is 1. The minimum Gasteiger partial charge on any atom is -0.342 e. The zero-order valence-electron chi connectivity index (χ0n) is 10.9. The van der Waals surface area contributed by atoms with Gasteiger partial charge in [0, 0.05) is 19.6 Å². The molecule has 0 saturated carbocycles. The van der Waals surface area contributed by atoms with Crippen molar-refractivity contribution in [1.29, 1.82) is 0 Å². The van der Waals surface area contributed by atoms with Crippen molar-refractivity contribution in [1.82, 2.24) is 4.90 Å². The van der Waals surface area contributed by atoms with Crippen LogP contribution in [0.1, 0.15) is 36.8 Å². The number of hydrogen-bond donors (Lipinski definition) is 1. The maximum absolute atomic E-state index is 12.3. The highest BCUT2D eigenvalue weighted by atomic mass is 16.2. The zero-order valence-corrected chi connectivity index (χ0v) is 10.9. The second kappa shape index (κ2) is 6.55. The van der Waals surface area contributed by atoms with Crippen molar-refractivity contribution in [3.63, 3.8) is 0 Å². The van der Waals surface area contributed by atoms with Crippen LogP contribution in [0.15, 0.2) is 24.3 Å². The number of amides is 1. The third-order valence-corrected chi connectivity index (χ3v) is 3.64. The molecule has 0 atom stereocenters. The van der Waals surface area contributed by atoms with E-state index in [-0.39, 0.29) is 5.91 Å². The third kappa shape index (κ3) is 3.33. The van der Waals surface area contributed by atoms with Gasteiger partial charge >= 0.3 is 0 Å². The van der Waals surface area contributed by atoms with Gasteiger partial charge < -0.3 is 10.6 Å². The topological polar surface area (TPSA) is 46.3 Å². The Kier molecular flexibility index (Phi) is 4.76. The van der Waals surface area contributed by atoms with E-state index in [4.69, 9.17) is 5.73 Å². The highest BCUT2D eigenvalue weighted by molar-refractivity contribution is 5.79. The van der Waals surface area contributed by atoms with Crippen LogP contribution in [0.3, 0.4) is 0 Å². The van der Waals surface area contributed by atoms with E-state index in [0.29, 0.717) is 13.0 Å². The fourth-order valence-electron chi connectivity index (χ4n) is 2.52. The molecular formula is C15H22N2O. The summed E-state index contributed by atoms with van der Waals surface area (Å²) in [5.41, 5.74) is 7.87. The summed E-state index contributed by atoms with van der Waals surface area (Å²) in [5.74, 6) is 0.248. The molecule has 1 fully saturated rings. The summed E-state index contributed by atoms with van der Waals surface area (Å²) in [4.78, 5) is 14.3. The van der Waals surface area contributed by atoms with E-state index in [1.54, 1.807) is 0 Å². The molecule has 0 bridgehead atoms. The van der Waals surface area contributed by atoms with Crippen LogP contribution in [0, 0.1) is 0 Å². The number of hydrogen-bond acceptors (Lipinski definition) is 2. The first-order valence-corrected chi connectivity index (χ1v) is 6.86. The van der Waals surface area contributed by atoms with Gasteiger partial charge in [-0.25, -0.2) is 0 Å². The maximum Gasteiger partial charge on any atom is 0.227 e. The van der Waals surface area contributed by atoms with E-state index in [2.05, 4.69) is 0 Å². The SMILES string of the molecule is NCc1ccccc1CC(=O)N1CCCCCC1. The summed E-state index contributed by atoms with van der Waals surface area (Å²) in [7, 11) is 0. The van der Waals surface area contributed by atoms with Crippen LogP contribution in [-0.2, 0) is 17.8 Å². The quantitative estimate of drug-likeness (QED) is 0.887. The molecule has 2 N–H and O–H groups in total. The number of likely N-dealkylation sites (tertiary alicyclic amines) is 1. The van der Waals surface area contributed by atoms with Crippen molar-refractivity contribution < 1.29 is 4.79 Å². The molecule has 98 valence electrons. The molecule has 1 aliphatic heterocycles. The molecule has 0 spiro atoms. The van der Waals surface area contributed by atoms with Crippen LogP contribution in [0.25, 0.3) is 0 Å². The van der Waals surface area contributed by atoms with Crippen molar-refractivity contribution in [2.75, 3.05) is 13.1 Å². The summed E-state index contributed by atoms with van der Waals surface area (Å²) in [5, 5.41) is 0. The van der Waals surface area contributed by atoms with E-state index in [9.17, 15) is 4.79 Å². The Hall–Kier alpha value is -1.35. The summed E-state index contributed by atoms with van der Waals surface area (Å²) < 4.78 is 0. The molecule has 1 aromatic rings. The highest BCUT2D eigenvalue weighted by Crippen LogP contribution is 2.14. The van der Waals surface area contributed by atoms with Crippen molar-refractivity contribution in [2.24, 2.45) is 5.73 Å². The molecule has 18 heavy (non-hydrogen) atoms. The van der Waals surface area contributed by atoms with Gasteiger partial charge in [-0.15, -0.1) is 0 Å². The van der Waals surface area contributed by atoms with Crippen molar-refractivity contribution in [3.05, 3.63) is 35.4 Å². The van der Waals surface area contributed by atoms with E-state index < -0.39 is 0 Å². The lowest BCUT2D eigenvalue weighted by Gasteiger charge is -2.21. The molecule has 3 heteroatoms. The molecule has 0 radical (unpaired) electrons. The Balaban J connectivity index is 2.01. The van der Waals surface area contributed by atoms with Crippen LogP contribution in [0.5, 0.6) is 0 Å². The van der Waals surface area contributed by atoms with Crippen LogP contribution >= 0.6 is 0 Å². The molecule has 1 heterocycles. The average molecular weight is 246 g/mol. The number of rotatable bonds is 3. The van der Waals surface area contributed by atoms with Gasteiger partial charge in [0.15, 0.2) is 0 Å². The van der Waals surface area contributed by atoms with E-state index in [0.717, 1.165) is 37.1 Å². The largest absolute Gasteiger partial charge is 0.342 e. The van der Waals surface area contributed by atoms with Gasteiger partial charge in [0.05, 0.1) is 6.42 Å². The average Bonchev–Trinajstić information content (AvgIpc) is 2.68. The third-order valence-electron chi connectivity index (χ3n) is 3.64. The molecule has 0 unspecified atom stereocenters. The minimum atomic E-state index is 0.248. The van der Waals surface area contributed by atoms with Crippen LogP contribution in [-0.4, -0.2) is 23.9 Å². The zero-order chi connectivity index (χ0) is 12.8. The minimum absolute atomic E-state index is 0.248. The Morgan fingerprint density at radius 1 is 1.06 bits per heavy atom. The molecule has 1 amide bonds. The van der Waals surface area contributed by atoms with Crippen molar-refractivity contribution >= 4 is 5.91 Å². The van der Waals surface area contributed by atoms with Gasteiger partial charge in [-0.1, -0.05) is 37.1 Å². The molecular weight excluding hydrogens is 224 g/mol. The van der Waals surface area contributed by atoms with Gasteiger partial charge in [0.25, 0.3) is 0 Å². The molecule has 0 aliphatic carbocycles. The fourth-order valence-corrected chi connectivity index (χ4v) is 2.52. The highest BCUT2D eigenvalue weighted by Gasteiger charge is 2.16. The lowest BCUT2D eigenvalue weighted by molar-refractivity contribution is -0.130. The molecule has 3 nitrogen and oxygen atoms in total. The Bertz CT molecular complexity index is 395. The Morgan fingerprint density at radius 2 is 1.67 bits per heavy atom. The monoisotopic (exact) mass is 246 g/mol. The maximum atomic E-state index is 12.3. The molecule has 0 aromatic heterocycles. The number of carbonyl (C=O) groups excluding carboxylic acids is 1. The molecule has 1 saturated heterocycles. The van der Waals surface area contributed by atoms with Gasteiger partial charge in [0.1, 0.15) is 0 Å². The van der Waals surface area contributed by atoms with E-state index >= 15 is 0 Å². The molecule has 2 rings (SSSR count). The summed E-state index contributed by atoms with van der Waals surface area (Å²) in [6, 6.07) is 7.97. The fraction of sp³-hybridized carbons (Fsp3) is 0.533. The lowest BCUT2D eigenvalue weighted by Crippen LogP contribution is -2.33. The predicted octanol–water partition coefficient (Wildman–Crippen LogP) is 2.09. The smallest absolute Gasteiger partial charge is 0.227 e. The predicted molar refractivity (Wildman–Crippen MR) is 73.1 cm³/mol. The van der Waals surface area contributed by atoms with Gasteiger partial charge in [0.2, 0.25) is 5.91 Å². The van der Waals surface area contributed by atoms with Crippen LogP contribution < -0.4 is 5.73 Å². The second-order valence-electron chi connectivity index (χ2n) is 4.94. The number of benzene rings is 1. The second-order valence-corrected chi connectivity index (χ2v) is 4.94. The Labute approximate surface area is 109 Å². The summed E-state index contributed by atoms with van der Waals surface area (Å²) in [6.45, 7) is 2.34. The first-order chi connectivity index (χ1) is 8.81. The standard InChI is InChI=1S/C15H22N2O/c16-12-14-8-4-3-7-13(14)11-15(18)17-9-5-1-2-6-10-17/h3-4,7-8H,1-2,5-6,9-12,16H2. The van der Waals surface area contributed by atoms with Crippen LogP contribution in [0.2, 0.25) is 0 Å². The summed E-state index contributed by atoms with van der Waals surface area (Å²) in [6.07, 6.45) is 5.29. The summed E-state index contributed by atoms with van der Waals surface area (Å²) >= 11 is 0. The number of nitrogens with zero attached hydrogens (tertiary/aromatic N) is 1. The van der Waals surface area contributed by atoms with Crippen molar-refractivity contribution in [2.45, 2.75) is 38.6 Å². The van der Waals surface area contributed by atoms with E-state index in [1.807, 2.05) is 29.2 Å². The van der Waals surface area contributed by atoms with Crippen LogP contribution in [0.4, 0.5) is 0 Å². The van der Waals surface area contributed by atoms with Gasteiger partial charge in [-0.05, 0) is 24.0 Å². The first kappa shape index (κ1) is 13.1. The number of nitrogens with two attached hydrogens (primary N) is 1.